The minimum Gasteiger partial charge on any atom is -0.504 e. The molecule has 158 valence electrons. The van der Waals surface area contributed by atoms with E-state index in [1.165, 1.54) is 18.2 Å². The maximum atomic E-state index is 13.9. The smallest absolute Gasteiger partial charge is 0.363 e. The normalized spacial score (nSPS) is 10.7. The van der Waals surface area contributed by atoms with Crippen LogP contribution in [0.5, 0.6) is 5.75 Å². The molecular weight excluding hydrogens is 425 g/mol. The van der Waals surface area contributed by atoms with Gasteiger partial charge in [-0.1, -0.05) is 18.2 Å². The second-order valence-electron chi connectivity index (χ2n) is 6.34. The molecule has 3 aromatic heterocycles. The van der Waals surface area contributed by atoms with Crippen molar-refractivity contribution in [3.8, 4) is 11.4 Å². The number of halogens is 1. The molecule has 0 spiro atoms. The number of nitrogens with zero attached hydrogens (tertiary/aromatic N) is 4. The molecule has 0 aliphatic heterocycles. The van der Waals surface area contributed by atoms with Crippen LogP contribution in [-0.4, -0.2) is 43.2 Å². The number of amides is 1. The highest BCUT2D eigenvalue weighted by molar-refractivity contribution is 7.09. The predicted molar refractivity (Wildman–Crippen MR) is 110 cm³/mol. The van der Waals surface area contributed by atoms with Gasteiger partial charge in [-0.25, -0.2) is 18.5 Å². The summed E-state index contributed by atoms with van der Waals surface area (Å²) in [7, 11) is 0. The minimum absolute atomic E-state index is 0.0496. The van der Waals surface area contributed by atoms with Gasteiger partial charge in [0, 0.05) is 10.9 Å². The molecule has 2 N–H and O–H groups in total. The van der Waals surface area contributed by atoms with E-state index in [0.717, 1.165) is 15.8 Å². The Morgan fingerprint density at radius 1 is 1.19 bits per heavy atom. The molecular formula is C20H16FN5O4S. The Hall–Kier alpha value is -3.99. The molecule has 0 radical (unpaired) electrons. The number of hydrogen-bond donors (Lipinski definition) is 2. The fourth-order valence-electron chi connectivity index (χ4n) is 2.76. The Morgan fingerprint density at radius 2 is 2.03 bits per heavy atom. The van der Waals surface area contributed by atoms with E-state index in [1.807, 2.05) is 17.5 Å². The summed E-state index contributed by atoms with van der Waals surface area (Å²) in [5, 5.41) is 22.5. The van der Waals surface area contributed by atoms with Crippen molar-refractivity contribution < 1.29 is 23.8 Å². The van der Waals surface area contributed by atoms with Gasteiger partial charge in [0.15, 0.2) is 12.4 Å². The number of carbonyl (C=O) groups is 2. The molecule has 0 saturated heterocycles. The fourth-order valence-corrected chi connectivity index (χ4v) is 3.45. The molecule has 3 heterocycles. The van der Waals surface area contributed by atoms with Crippen LogP contribution in [0.25, 0.3) is 5.69 Å². The van der Waals surface area contributed by atoms with E-state index in [0.29, 0.717) is 12.4 Å². The quantitative estimate of drug-likeness (QED) is 0.427. The molecule has 1 aromatic carbocycles. The molecule has 31 heavy (non-hydrogen) atoms. The molecule has 0 saturated carbocycles. The van der Waals surface area contributed by atoms with Gasteiger partial charge < -0.3 is 15.2 Å². The molecule has 0 aliphatic carbocycles. The zero-order valence-electron chi connectivity index (χ0n) is 15.9. The van der Waals surface area contributed by atoms with Gasteiger partial charge in [-0.2, -0.15) is 10.2 Å². The Kier molecular flexibility index (Phi) is 5.76. The number of ether oxygens (including phenoxy) is 1. The maximum Gasteiger partial charge on any atom is 0.363 e. The molecule has 4 rings (SSSR count). The first kappa shape index (κ1) is 20.3. The lowest BCUT2D eigenvalue weighted by atomic mass is 10.3. The number of para-hydroxylation sites is 1. The summed E-state index contributed by atoms with van der Waals surface area (Å²) in [4.78, 5) is 25.5. The number of aromatic hydroxyl groups is 1. The minimum atomic E-state index is -1.02. The first-order chi connectivity index (χ1) is 15.0. The van der Waals surface area contributed by atoms with E-state index in [1.54, 1.807) is 34.3 Å². The first-order valence-corrected chi connectivity index (χ1v) is 9.94. The number of rotatable bonds is 7. The van der Waals surface area contributed by atoms with E-state index < -0.39 is 35.7 Å². The van der Waals surface area contributed by atoms with Crippen molar-refractivity contribution in [2.75, 3.05) is 11.9 Å². The van der Waals surface area contributed by atoms with Crippen LogP contribution in [0.2, 0.25) is 0 Å². The third-order valence-corrected chi connectivity index (χ3v) is 5.05. The molecule has 0 aliphatic rings. The van der Waals surface area contributed by atoms with Gasteiger partial charge in [0.05, 0.1) is 18.9 Å². The average Bonchev–Trinajstić information content (AvgIpc) is 3.50. The van der Waals surface area contributed by atoms with E-state index >= 15 is 0 Å². The number of thiophene rings is 1. The Labute approximate surface area is 179 Å². The SMILES string of the molecule is O=C(COC(=O)c1nn(-c2ccccc2F)cc1O)Nc1ccnn1Cc1cccs1. The molecule has 1 amide bonds. The van der Waals surface area contributed by atoms with Gasteiger partial charge in [0.25, 0.3) is 5.91 Å². The lowest BCUT2D eigenvalue weighted by Gasteiger charge is -2.08. The lowest BCUT2D eigenvalue weighted by molar-refractivity contribution is -0.119. The topological polar surface area (TPSA) is 111 Å². The Balaban J connectivity index is 1.37. The standard InChI is InChI=1S/C20H16FN5O4S/c21-14-5-1-2-6-15(14)25-11-16(27)19(24-25)20(29)30-12-18(28)23-17-7-8-22-26(17)10-13-4-3-9-31-13/h1-9,11,27H,10,12H2,(H,23,28). The van der Waals surface area contributed by atoms with Crippen LogP contribution in [-0.2, 0) is 16.1 Å². The highest BCUT2D eigenvalue weighted by atomic mass is 32.1. The van der Waals surface area contributed by atoms with Crippen LogP contribution in [0.1, 0.15) is 15.4 Å². The average molecular weight is 441 g/mol. The molecule has 11 heteroatoms. The summed E-state index contributed by atoms with van der Waals surface area (Å²) in [6.07, 6.45) is 2.63. The molecule has 0 fully saturated rings. The van der Waals surface area contributed by atoms with E-state index in [4.69, 9.17) is 4.74 Å². The van der Waals surface area contributed by atoms with Crippen molar-refractivity contribution in [1.29, 1.82) is 0 Å². The second kappa shape index (κ2) is 8.79. The van der Waals surface area contributed by atoms with E-state index in [-0.39, 0.29) is 5.69 Å². The maximum absolute atomic E-state index is 13.9. The lowest BCUT2D eigenvalue weighted by Crippen LogP contribution is -2.23. The number of hydrogen-bond acceptors (Lipinski definition) is 7. The van der Waals surface area contributed by atoms with Crippen molar-refractivity contribution in [3.63, 3.8) is 0 Å². The van der Waals surface area contributed by atoms with Crippen LogP contribution in [0.4, 0.5) is 10.2 Å². The summed E-state index contributed by atoms with van der Waals surface area (Å²) < 4.78 is 21.4. The zero-order valence-corrected chi connectivity index (χ0v) is 16.8. The molecule has 4 aromatic rings. The van der Waals surface area contributed by atoms with Crippen molar-refractivity contribution in [3.05, 3.63) is 76.6 Å². The number of nitrogens with one attached hydrogen (secondary N) is 1. The summed E-state index contributed by atoms with van der Waals surface area (Å²) in [5.74, 6) is -2.24. The summed E-state index contributed by atoms with van der Waals surface area (Å²) in [6.45, 7) is -0.115. The van der Waals surface area contributed by atoms with Crippen molar-refractivity contribution in [2.24, 2.45) is 0 Å². The van der Waals surface area contributed by atoms with Crippen molar-refractivity contribution in [2.45, 2.75) is 6.54 Å². The van der Waals surface area contributed by atoms with Gasteiger partial charge in [0.2, 0.25) is 5.69 Å². The summed E-state index contributed by atoms with van der Waals surface area (Å²) >= 11 is 1.56. The van der Waals surface area contributed by atoms with Crippen LogP contribution in [0.3, 0.4) is 0 Å². The molecule has 0 bridgehead atoms. The highest BCUT2D eigenvalue weighted by Gasteiger charge is 2.21. The van der Waals surface area contributed by atoms with Crippen molar-refractivity contribution in [1.82, 2.24) is 19.6 Å². The fraction of sp³-hybridized carbons (Fsp3) is 0.100. The van der Waals surface area contributed by atoms with Gasteiger partial charge in [-0.05, 0) is 23.6 Å². The van der Waals surface area contributed by atoms with Crippen LogP contribution in [0.15, 0.2) is 60.2 Å². The molecule has 9 nitrogen and oxygen atoms in total. The highest BCUT2D eigenvalue weighted by Crippen LogP contribution is 2.20. The third-order valence-electron chi connectivity index (χ3n) is 4.19. The first-order valence-electron chi connectivity index (χ1n) is 9.06. The van der Waals surface area contributed by atoms with E-state index in [2.05, 4.69) is 15.5 Å². The van der Waals surface area contributed by atoms with Crippen molar-refractivity contribution >= 4 is 29.0 Å². The number of aromatic nitrogens is 4. The Bertz CT molecular complexity index is 1220. The molecule has 0 unspecified atom stereocenters. The second-order valence-corrected chi connectivity index (χ2v) is 7.37. The Morgan fingerprint density at radius 3 is 2.81 bits per heavy atom. The number of benzene rings is 1. The van der Waals surface area contributed by atoms with Gasteiger partial charge in [-0.15, -0.1) is 11.3 Å². The van der Waals surface area contributed by atoms with Crippen LogP contribution >= 0.6 is 11.3 Å². The largest absolute Gasteiger partial charge is 0.504 e. The zero-order chi connectivity index (χ0) is 21.8. The van der Waals surface area contributed by atoms with Gasteiger partial charge >= 0.3 is 5.97 Å². The summed E-state index contributed by atoms with van der Waals surface area (Å²) in [6, 6.07) is 11.2. The van der Waals surface area contributed by atoms with E-state index in [9.17, 15) is 19.1 Å². The number of carbonyl (C=O) groups excluding carboxylic acids is 2. The van der Waals surface area contributed by atoms with Crippen LogP contribution in [0, 0.1) is 5.82 Å². The van der Waals surface area contributed by atoms with Gasteiger partial charge in [-0.3, -0.25) is 4.79 Å². The van der Waals surface area contributed by atoms with Crippen LogP contribution < -0.4 is 5.32 Å². The number of anilines is 1. The third kappa shape index (κ3) is 4.61. The predicted octanol–water partition coefficient (Wildman–Crippen LogP) is 2.82. The monoisotopic (exact) mass is 441 g/mol. The van der Waals surface area contributed by atoms with Gasteiger partial charge in [0.1, 0.15) is 17.3 Å². The number of esters is 1. The summed E-state index contributed by atoms with van der Waals surface area (Å²) in [5.41, 5.74) is -0.382. The molecule has 0 atom stereocenters.